The minimum Gasteiger partial charge on any atom is -0.461 e. The second-order valence-corrected chi connectivity index (χ2v) is 6.05. The highest BCUT2D eigenvalue weighted by atomic mass is 32.1. The molecule has 3 aromatic heterocycles. The number of hydrogen-bond acceptors (Lipinski definition) is 5. The number of nitrogens with zero attached hydrogens (tertiary/aromatic N) is 2. The van der Waals surface area contributed by atoms with Gasteiger partial charge in [-0.2, -0.15) is 11.3 Å². The van der Waals surface area contributed by atoms with Crippen LogP contribution in [-0.4, -0.2) is 22.5 Å². The Labute approximate surface area is 131 Å². The zero-order valence-corrected chi connectivity index (χ0v) is 12.6. The van der Waals surface area contributed by atoms with Crippen molar-refractivity contribution in [2.24, 2.45) is 0 Å². The number of likely N-dealkylation sites (tertiary alicyclic amines) is 1. The number of rotatable bonds is 3. The summed E-state index contributed by atoms with van der Waals surface area (Å²) >= 11 is 1.65. The smallest absolute Gasteiger partial charge is 0.276 e. The van der Waals surface area contributed by atoms with Crippen molar-refractivity contribution >= 4 is 17.2 Å². The maximum atomic E-state index is 12.7. The molecule has 0 aromatic carbocycles. The van der Waals surface area contributed by atoms with Crippen molar-refractivity contribution in [3.63, 3.8) is 0 Å². The third-order valence-corrected chi connectivity index (χ3v) is 4.64. The van der Waals surface area contributed by atoms with E-state index < -0.39 is 0 Å². The molecule has 1 fully saturated rings. The van der Waals surface area contributed by atoms with Crippen LogP contribution in [0.1, 0.15) is 34.9 Å². The summed E-state index contributed by atoms with van der Waals surface area (Å²) < 4.78 is 10.5. The molecule has 1 unspecified atom stereocenters. The van der Waals surface area contributed by atoms with E-state index in [1.54, 1.807) is 35.8 Å². The molecule has 1 aliphatic rings. The van der Waals surface area contributed by atoms with Crippen molar-refractivity contribution in [1.82, 2.24) is 10.1 Å². The van der Waals surface area contributed by atoms with E-state index in [9.17, 15) is 4.79 Å². The first-order valence-electron chi connectivity index (χ1n) is 7.16. The van der Waals surface area contributed by atoms with Gasteiger partial charge in [-0.15, -0.1) is 0 Å². The first-order chi connectivity index (χ1) is 10.8. The molecule has 0 bridgehead atoms. The highest BCUT2D eigenvalue weighted by molar-refractivity contribution is 7.07. The summed E-state index contributed by atoms with van der Waals surface area (Å²) in [5, 5.41) is 8.06. The van der Waals surface area contributed by atoms with Crippen molar-refractivity contribution in [2.45, 2.75) is 18.9 Å². The second-order valence-electron chi connectivity index (χ2n) is 5.27. The fraction of sp³-hybridized carbons (Fsp3) is 0.250. The largest absolute Gasteiger partial charge is 0.461 e. The van der Waals surface area contributed by atoms with Gasteiger partial charge in [0, 0.05) is 12.6 Å². The molecule has 1 aliphatic heterocycles. The number of hydrogen-bond donors (Lipinski definition) is 0. The van der Waals surface area contributed by atoms with Gasteiger partial charge in [-0.3, -0.25) is 4.79 Å². The average molecular weight is 314 g/mol. The molecular weight excluding hydrogens is 300 g/mol. The van der Waals surface area contributed by atoms with Crippen LogP contribution >= 0.6 is 11.3 Å². The Morgan fingerprint density at radius 2 is 2.32 bits per heavy atom. The fourth-order valence-electron chi connectivity index (χ4n) is 2.88. The van der Waals surface area contributed by atoms with Gasteiger partial charge in [0.1, 0.15) is 0 Å². The molecule has 112 valence electrons. The van der Waals surface area contributed by atoms with Gasteiger partial charge >= 0.3 is 0 Å². The zero-order chi connectivity index (χ0) is 14.9. The molecule has 0 N–H and O–H groups in total. The number of furan rings is 1. The number of thiophene rings is 1. The van der Waals surface area contributed by atoms with Crippen LogP contribution in [0.25, 0.3) is 11.5 Å². The Balaban J connectivity index is 1.59. The Bertz CT molecular complexity index is 761. The minimum absolute atomic E-state index is 0.0877. The first-order valence-corrected chi connectivity index (χ1v) is 8.11. The van der Waals surface area contributed by atoms with Crippen molar-refractivity contribution in [3.8, 4) is 11.5 Å². The first kappa shape index (κ1) is 13.3. The van der Waals surface area contributed by atoms with Gasteiger partial charge in [0.2, 0.25) is 5.76 Å². The van der Waals surface area contributed by atoms with E-state index in [1.807, 2.05) is 10.3 Å². The van der Waals surface area contributed by atoms with Gasteiger partial charge < -0.3 is 13.8 Å². The third-order valence-electron chi connectivity index (χ3n) is 3.93. The Hall–Kier alpha value is -2.34. The van der Waals surface area contributed by atoms with Crippen molar-refractivity contribution in [2.75, 3.05) is 6.54 Å². The lowest BCUT2D eigenvalue weighted by Gasteiger charge is -2.23. The van der Waals surface area contributed by atoms with Gasteiger partial charge in [-0.05, 0) is 47.4 Å². The molecule has 4 heterocycles. The molecule has 22 heavy (non-hydrogen) atoms. The standard InChI is InChI=1S/C16H14N2O3S/c19-16(12-9-15(21-17-12)14-4-2-7-20-14)18-6-1-3-13(18)11-5-8-22-10-11/h2,4-5,7-10,13H,1,3,6H2. The lowest BCUT2D eigenvalue weighted by molar-refractivity contribution is 0.0725. The second kappa shape index (κ2) is 5.46. The summed E-state index contributed by atoms with van der Waals surface area (Å²) in [6, 6.07) is 7.41. The lowest BCUT2D eigenvalue weighted by Crippen LogP contribution is -2.30. The molecule has 0 saturated carbocycles. The van der Waals surface area contributed by atoms with Crippen LogP contribution in [0.4, 0.5) is 0 Å². The summed E-state index contributed by atoms with van der Waals surface area (Å²) in [5.74, 6) is 0.956. The van der Waals surface area contributed by atoms with Crippen LogP contribution < -0.4 is 0 Å². The Morgan fingerprint density at radius 3 is 3.09 bits per heavy atom. The van der Waals surface area contributed by atoms with Crippen molar-refractivity contribution < 1.29 is 13.7 Å². The van der Waals surface area contributed by atoms with E-state index in [0.29, 0.717) is 17.2 Å². The number of carbonyl (C=O) groups excluding carboxylic acids is 1. The lowest BCUT2D eigenvalue weighted by atomic mass is 10.1. The van der Waals surface area contributed by atoms with Gasteiger partial charge in [0.15, 0.2) is 11.5 Å². The fourth-order valence-corrected chi connectivity index (χ4v) is 3.59. The summed E-state index contributed by atoms with van der Waals surface area (Å²) in [6.07, 6.45) is 3.56. The van der Waals surface area contributed by atoms with Crippen LogP contribution in [0.15, 0.2) is 50.2 Å². The Kier molecular flexibility index (Phi) is 3.31. The SMILES string of the molecule is O=C(c1cc(-c2ccco2)on1)N1CCCC1c1ccsc1. The van der Waals surface area contributed by atoms with Crippen molar-refractivity contribution in [3.05, 3.63) is 52.5 Å². The quantitative estimate of drug-likeness (QED) is 0.734. The molecule has 0 spiro atoms. The molecule has 5 nitrogen and oxygen atoms in total. The van der Waals surface area contributed by atoms with Gasteiger partial charge in [0.05, 0.1) is 12.3 Å². The van der Waals surface area contributed by atoms with Crippen molar-refractivity contribution in [1.29, 1.82) is 0 Å². The summed E-state index contributed by atoms with van der Waals surface area (Å²) in [5.41, 5.74) is 1.53. The topological polar surface area (TPSA) is 59.5 Å². The third kappa shape index (κ3) is 2.25. The molecule has 1 saturated heterocycles. The van der Waals surface area contributed by atoms with E-state index in [4.69, 9.17) is 8.94 Å². The van der Waals surface area contributed by atoms with E-state index in [1.165, 1.54) is 5.56 Å². The average Bonchev–Trinajstić information content (AvgIpc) is 3.35. The molecule has 0 radical (unpaired) electrons. The predicted molar refractivity (Wildman–Crippen MR) is 81.5 cm³/mol. The molecule has 4 rings (SSSR count). The number of amides is 1. The van der Waals surface area contributed by atoms with Gasteiger partial charge in [0.25, 0.3) is 5.91 Å². The molecule has 1 atom stereocenters. The molecule has 1 amide bonds. The highest BCUT2D eigenvalue weighted by Gasteiger charge is 2.32. The molecule has 3 aromatic rings. The van der Waals surface area contributed by atoms with Crippen LogP contribution in [0.3, 0.4) is 0 Å². The summed E-state index contributed by atoms with van der Waals surface area (Å²) in [4.78, 5) is 14.6. The zero-order valence-electron chi connectivity index (χ0n) is 11.8. The molecule has 6 heteroatoms. The monoisotopic (exact) mass is 314 g/mol. The maximum Gasteiger partial charge on any atom is 0.276 e. The van der Waals surface area contributed by atoms with Crippen LogP contribution in [0.2, 0.25) is 0 Å². The maximum absolute atomic E-state index is 12.7. The molecular formula is C16H14N2O3S. The summed E-state index contributed by atoms with van der Waals surface area (Å²) in [6.45, 7) is 0.752. The van der Waals surface area contributed by atoms with E-state index in [0.717, 1.165) is 19.4 Å². The summed E-state index contributed by atoms with van der Waals surface area (Å²) in [7, 11) is 0. The minimum atomic E-state index is -0.0877. The van der Waals surface area contributed by atoms with Gasteiger partial charge in [-0.1, -0.05) is 5.16 Å². The van der Waals surface area contributed by atoms with Crippen LogP contribution in [0.5, 0.6) is 0 Å². The number of carbonyl (C=O) groups is 1. The van der Waals surface area contributed by atoms with E-state index in [-0.39, 0.29) is 11.9 Å². The normalized spacial score (nSPS) is 18.0. The number of aromatic nitrogens is 1. The van der Waals surface area contributed by atoms with E-state index in [2.05, 4.69) is 16.6 Å². The van der Waals surface area contributed by atoms with E-state index >= 15 is 0 Å². The van der Waals surface area contributed by atoms with Gasteiger partial charge in [-0.25, -0.2) is 0 Å². The molecule has 0 aliphatic carbocycles. The van der Waals surface area contributed by atoms with Crippen LogP contribution in [0, 0.1) is 0 Å². The van der Waals surface area contributed by atoms with Crippen LogP contribution in [-0.2, 0) is 0 Å². The Morgan fingerprint density at radius 1 is 1.36 bits per heavy atom. The highest BCUT2D eigenvalue weighted by Crippen LogP contribution is 2.34. The predicted octanol–water partition coefficient (Wildman–Crippen LogP) is 3.97.